The molecule has 0 radical (unpaired) electrons. The lowest BCUT2D eigenvalue weighted by Gasteiger charge is -2.20. The Morgan fingerprint density at radius 1 is 1.35 bits per heavy atom. The first-order valence-electron chi connectivity index (χ1n) is 5.23. The van der Waals surface area contributed by atoms with Crippen molar-refractivity contribution in [2.45, 2.75) is 6.42 Å². The number of aliphatic hydroxyl groups excluding tert-OH is 1. The molecule has 0 atom stereocenters. The van der Waals surface area contributed by atoms with Crippen LogP contribution in [-0.4, -0.2) is 38.9 Å². The van der Waals surface area contributed by atoms with Crippen molar-refractivity contribution in [3.8, 4) is 11.5 Å². The lowest BCUT2D eigenvalue weighted by molar-refractivity contribution is -0.118. The van der Waals surface area contributed by atoms with Gasteiger partial charge in [0.1, 0.15) is 11.5 Å². The van der Waals surface area contributed by atoms with E-state index < -0.39 is 0 Å². The maximum atomic E-state index is 11.6. The second-order valence-electron chi connectivity index (χ2n) is 3.46. The zero-order valence-corrected chi connectivity index (χ0v) is 10.3. The van der Waals surface area contributed by atoms with E-state index in [1.807, 2.05) is 0 Å². The van der Waals surface area contributed by atoms with Gasteiger partial charge in [-0.15, -0.1) is 0 Å². The molecule has 0 saturated carbocycles. The number of ether oxygens (including phenoxy) is 2. The van der Waals surface area contributed by atoms with Gasteiger partial charge in [0.2, 0.25) is 5.91 Å². The van der Waals surface area contributed by atoms with Gasteiger partial charge in [0.15, 0.2) is 0 Å². The van der Waals surface area contributed by atoms with Gasteiger partial charge in [-0.3, -0.25) is 4.79 Å². The van der Waals surface area contributed by atoms with E-state index in [1.54, 1.807) is 32.4 Å². The van der Waals surface area contributed by atoms with E-state index in [0.29, 0.717) is 17.2 Å². The molecule has 0 fully saturated rings. The number of anilines is 1. The summed E-state index contributed by atoms with van der Waals surface area (Å²) in [4.78, 5) is 13.1. The fourth-order valence-corrected chi connectivity index (χ4v) is 1.46. The summed E-state index contributed by atoms with van der Waals surface area (Å²) in [5.41, 5.74) is 0.645. The average molecular weight is 239 g/mol. The molecule has 5 heteroatoms. The average Bonchev–Trinajstić information content (AvgIpc) is 2.37. The Balaban J connectivity index is 3.00. The van der Waals surface area contributed by atoms with Crippen LogP contribution in [0, 0.1) is 0 Å². The van der Waals surface area contributed by atoms with Gasteiger partial charge in [-0.2, -0.15) is 0 Å². The van der Waals surface area contributed by atoms with Crippen LogP contribution in [-0.2, 0) is 4.79 Å². The smallest absolute Gasteiger partial charge is 0.229 e. The molecule has 0 heterocycles. The van der Waals surface area contributed by atoms with Crippen LogP contribution >= 0.6 is 0 Å². The molecule has 0 aromatic heterocycles. The summed E-state index contributed by atoms with van der Waals surface area (Å²) < 4.78 is 10.3. The van der Waals surface area contributed by atoms with Crippen LogP contribution in [0.3, 0.4) is 0 Å². The number of aliphatic hydroxyl groups is 1. The largest absolute Gasteiger partial charge is 0.497 e. The zero-order chi connectivity index (χ0) is 12.8. The van der Waals surface area contributed by atoms with Crippen LogP contribution in [0.15, 0.2) is 18.2 Å². The molecule has 0 aliphatic carbocycles. The number of hydrogen-bond acceptors (Lipinski definition) is 4. The predicted octanol–water partition coefficient (Wildman–Crippen LogP) is 1.05. The lowest BCUT2D eigenvalue weighted by atomic mass is 10.2. The maximum absolute atomic E-state index is 11.6. The van der Waals surface area contributed by atoms with Crippen molar-refractivity contribution in [1.82, 2.24) is 0 Å². The van der Waals surface area contributed by atoms with E-state index in [0.717, 1.165) is 0 Å². The normalized spacial score (nSPS) is 9.88. The third kappa shape index (κ3) is 3.10. The van der Waals surface area contributed by atoms with Crippen LogP contribution < -0.4 is 14.4 Å². The monoisotopic (exact) mass is 239 g/mol. The van der Waals surface area contributed by atoms with Gasteiger partial charge in [-0.05, 0) is 12.1 Å². The summed E-state index contributed by atoms with van der Waals surface area (Å²) in [6.07, 6.45) is 0.0890. The predicted molar refractivity (Wildman–Crippen MR) is 64.7 cm³/mol. The number of carbonyl (C=O) groups is 1. The highest BCUT2D eigenvalue weighted by Crippen LogP contribution is 2.31. The van der Waals surface area contributed by atoms with Crippen LogP contribution in [0.5, 0.6) is 11.5 Å². The molecule has 0 bridgehead atoms. The molecule has 0 saturated heterocycles. The molecule has 1 N–H and O–H groups in total. The van der Waals surface area contributed by atoms with Crippen molar-refractivity contribution in [2.24, 2.45) is 0 Å². The van der Waals surface area contributed by atoms with E-state index in [9.17, 15) is 4.79 Å². The molecular formula is C12H17NO4. The summed E-state index contributed by atoms with van der Waals surface area (Å²) >= 11 is 0. The van der Waals surface area contributed by atoms with E-state index >= 15 is 0 Å². The first kappa shape index (κ1) is 13.3. The molecule has 1 rings (SSSR count). The van der Waals surface area contributed by atoms with E-state index in [4.69, 9.17) is 14.6 Å². The van der Waals surface area contributed by atoms with Crippen molar-refractivity contribution in [2.75, 3.05) is 32.8 Å². The Morgan fingerprint density at radius 3 is 2.59 bits per heavy atom. The van der Waals surface area contributed by atoms with Crippen LogP contribution in [0.2, 0.25) is 0 Å². The maximum Gasteiger partial charge on any atom is 0.229 e. The highest BCUT2D eigenvalue weighted by molar-refractivity contribution is 5.94. The van der Waals surface area contributed by atoms with Crippen molar-refractivity contribution >= 4 is 11.6 Å². The first-order valence-corrected chi connectivity index (χ1v) is 5.23. The lowest BCUT2D eigenvalue weighted by Crippen LogP contribution is -2.27. The summed E-state index contributed by atoms with van der Waals surface area (Å²) in [7, 11) is 4.74. The van der Waals surface area contributed by atoms with E-state index in [-0.39, 0.29) is 18.9 Å². The summed E-state index contributed by atoms with van der Waals surface area (Å²) in [5.74, 6) is 1.04. The molecule has 1 amide bonds. The van der Waals surface area contributed by atoms with Gasteiger partial charge in [0.05, 0.1) is 32.9 Å². The molecule has 1 aromatic rings. The molecule has 5 nitrogen and oxygen atoms in total. The molecule has 1 aromatic carbocycles. The van der Waals surface area contributed by atoms with Gasteiger partial charge >= 0.3 is 0 Å². The van der Waals surface area contributed by atoms with Crippen molar-refractivity contribution in [1.29, 1.82) is 0 Å². The number of benzene rings is 1. The fourth-order valence-electron chi connectivity index (χ4n) is 1.46. The van der Waals surface area contributed by atoms with E-state index in [1.165, 1.54) is 12.0 Å². The molecule has 94 valence electrons. The second kappa shape index (κ2) is 6.10. The fraction of sp³-hybridized carbons (Fsp3) is 0.417. The highest BCUT2D eigenvalue weighted by Gasteiger charge is 2.15. The highest BCUT2D eigenvalue weighted by atomic mass is 16.5. The first-order chi connectivity index (χ1) is 8.13. The Morgan fingerprint density at radius 2 is 2.06 bits per heavy atom. The van der Waals surface area contributed by atoms with Crippen LogP contribution in [0.1, 0.15) is 6.42 Å². The number of amides is 1. The van der Waals surface area contributed by atoms with Crippen molar-refractivity contribution in [3.63, 3.8) is 0 Å². The van der Waals surface area contributed by atoms with E-state index in [2.05, 4.69) is 0 Å². The zero-order valence-electron chi connectivity index (χ0n) is 10.3. The summed E-state index contributed by atoms with van der Waals surface area (Å²) in [6.45, 7) is -0.165. The Kier molecular flexibility index (Phi) is 4.78. The van der Waals surface area contributed by atoms with Crippen molar-refractivity contribution < 1.29 is 19.4 Å². The van der Waals surface area contributed by atoms with Gasteiger partial charge in [0.25, 0.3) is 0 Å². The Labute approximate surface area is 101 Å². The number of carbonyl (C=O) groups excluding carboxylic acids is 1. The second-order valence-corrected chi connectivity index (χ2v) is 3.46. The topological polar surface area (TPSA) is 59.0 Å². The Bertz CT molecular complexity index is 392. The Hall–Kier alpha value is -1.75. The number of methoxy groups -OCH3 is 2. The number of hydrogen-bond donors (Lipinski definition) is 1. The molecule has 17 heavy (non-hydrogen) atoms. The molecule has 0 spiro atoms. The molecule has 0 unspecified atom stereocenters. The van der Waals surface area contributed by atoms with Crippen LogP contribution in [0.4, 0.5) is 5.69 Å². The standard InChI is InChI=1S/C12H17NO4/c1-13(12(15)6-7-14)10-5-4-9(16-2)8-11(10)17-3/h4-5,8,14H,6-7H2,1-3H3. The summed E-state index contributed by atoms with van der Waals surface area (Å²) in [5, 5.41) is 8.74. The third-order valence-electron chi connectivity index (χ3n) is 2.45. The third-order valence-corrected chi connectivity index (χ3v) is 2.45. The minimum atomic E-state index is -0.170. The number of nitrogens with zero attached hydrogens (tertiary/aromatic N) is 1. The quantitative estimate of drug-likeness (QED) is 0.834. The van der Waals surface area contributed by atoms with Gasteiger partial charge in [-0.1, -0.05) is 0 Å². The van der Waals surface area contributed by atoms with Gasteiger partial charge in [0, 0.05) is 13.1 Å². The number of rotatable bonds is 5. The SMILES string of the molecule is COc1ccc(N(C)C(=O)CCO)c(OC)c1. The van der Waals surface area contributed by atoms with Gasteiger partial charge in [-0.25, -0.2) is 0 Å². The van der Waals surface area contributed by atoms with Crippen LogP contribution in [0.25, 0.3) is 0 Å². The minimum absolute atomic E-state index is 0.0890. The summed E-state index contributed by atoms with van der Waals surface area (Å²) in [6, 6.07) is 5.20. The molecular weight excluding hydrogens is 222 g/mol. The molecule has 0 aliphatic heterocycles. The molecule has 0 aliphatic rings. The van der Waals surface area contributed by atoms with Crippen molar-refractivity contribution in [3.05, 3.63) is 18.2 Å². The minimum Gasteiger partial charge on any atom is -0.497 e. The van der Waals surface area contributed by atoms with Gasteiger partial charge < -0.3 is 19.5 Å².